The maximum atomic E-state index is 13.3. The Balaban J connectivity index is 1.40. The first-order valence-corrected chi connectivity index (χ1v) is 10.3. The number of carbonyl (C=O) groups is 1. The van der Waals surface area contributed by atoms with Crippen LogP contribution in [-0.4, -0.2) is 15.5 Å². The molecular weight excluding hydrogens is 360 g/mol. The van der Waals surface area contributed by atoms with Crippen LogP contribution >= 0.6 is 11.6 Å². The summed E-state index contributed by atoms with van der Waals surface area (Å²) in [7, 11) is 1.84. The van der Waals surface area contributed by atoms with Crippen molar-refractivity contribution in [3.63, 3.8) is 0 Å². The van der Waals surface area contributed by atoms with E-state index in [-0.39, 0.29) is 23.4 Å². The smallest absolute Gasteiger partial charge is 0.312 e. The molecule has 0 unspecified atom stereocenters. The fourth-order valence-electron chi connectivity index (χ4n) is 6.47. The summed E-state index contributed by atoms with van der Waals surface area (Å²) in [5, 5.41) is 0.555. The molecule has 1 aromatic carbocycles. The predicted molar refractivity (Wildman–Crippen MR) is 103 cm³/mol. The van der Waals surface area contributed by atoms with Crippen LogP contribution in [0, 0.1) is 17.3 Å². The minimum Gasteiger partial charge on any atom is -0.457 e. The van der Waals surface area contributed by atoms with Crippen molar-refractivity contribution < 1.29 is 9.53 Å². The number of hydrogen-bond donors (Lipinski definition) is 0. The third-order valence-corrected chi connectivity index (χ3v) is 7.59. The lowest BCUT2D eigenvalue weighted by Crippen LogP contribution is -2.57. The molecule has 4 bridgehead atoms. The number of halogens is 1. The molecule has 0 aliphatic heterocycles. The van der Waals surface area contributed by atoms with Crippen molar-refractivity contribution in [3.05, 3.63) is 53.1 Å². The number of hydrogen-bond acceptors (Lipinski definition) is 3. The van der Waals surface area contributed by atoms with Crippen LogP contribution in [0.15, 0.2) is 36.5 Å². The Kier molecular flexibility index (Phi) is 3.91. The Labute approximate surface area is 164 Å². The maximum Gasteiger partial charge on any atom is 0.312 e. The fraction of sp³-hybridized carbons (Fsp3) is 0.545. The summed E-state index contributed by atoms with van der Waals surface area (Å²) < 4.78 is 7.57. The molecule has 4 fully saturated rings. The summed E-state index contributed by atoms with van der Waals surface area (Å²) in [5.41, 5.74) is 1.23. The molecule has 0 N–H and O–H groups in total. The molecule has 2 atom stereocenters. The third-order valence-electron chi connectivity index (χ3n) is 7.24. The summed E-state index contributed by atoms with van der Waals surface area (Å²) in [6, 6.07) is 10.8. The molecule has 0 radical (unpaired) electrons. The number of carbonyl (C=O) groups excluding carboxylic acids is 1. The van der Waals surface area contributed by atoms with E-state index in [9.17, 15) is 4.79 Å². The van der Waals surface area contributed by atoms with Gasteiger partial charge in [0.25, 0.3) is 0 Å². The highest BCUT2D eigenvalue weighted by atomic mass is 35.5. The third kappa shape index (κ3) is 2.72. The molecule has 4 saturated carbocycles. The van der Waals surface area contributed by atoms with E-state index in [4.69, 9.17) is 16.3 Å². The van der Waals surface area contributed by atoms with Gasteiger partial charge in [-0.3, -0.25) is 4.79 Å². The summed E-state index contributed by atoms with van der Waals surface area (Å²) in [6.07, 6.45) is 8.21. The lowest BCUT2D eigenvalue weighted by atomic mass is 9.43. The van der Waals surface area contributed by atoms with Gasteiger partial charge in [0, 0.05) is 7.05 Å². The van der Waals surface area contributed by atoms with E-state index >= 15 is 0 Å². The fourth-order valence-corrected chi connectivity index (χ4v) is 6.62. The SMILES string of the molecule is Cn1c(Cl)cnc1COC(=O)C12C[C@@H]3C[C@@H](C1)CC(c1ccccc1)(C3)C2. The van der Waals surface area contributed by atoms with E-state index in [1.807, 2.05) is 7.05 Å². The van der Waals surface area contributed by atoms with Crippen LogP contribution in [0.2, 0.25) is 5.15 Å². The Morgan fingerprint density at radius 1 is 1.22 bits per heavy atom. The Hall–Kier alpha value is -1.81. The van der Waals surface area contributed by atoms with E-state index in [0.717, 1.165) is 19.3 Å². The Morgan fingerprint density at radius 3 is 2.56 bits per heavy atom. The summed E-state index contributed by atoms with van der Waals surface area (Å²) >= 11 is 6.05. The molecule has 6 rings (SSSR count). The van der Waals surface area contributed by atoms with Gasteiger partial charge in [-0.25, -0.2) is 4.98 Å². The van der Waals surface area contributed by atoms with Gasteiger partial charge in [0.1, 0.15) is 17.6 Å². The van der Waals surface area contributed by atoms with Gasteiger partial charge in [0.15, 0.2) is 0 Å². The largest absolute Gasteiger partial charge is 0.457 e. The van der Waals surface area contributed by atoms with E-state index in [1.165, 1.54) is 24.8 Å². The lowest BCUT2D eigenvalue weighted by molar-refractivity contribution is -0.175. The summed E-state index contributed by atoms with van der Waals surface area (Å²) in [5.74, 6) is 1.94. The molecule has 4 aliphatic rings. The quantitative estimate of drug-likeness (QED) is 0.720. The first-order chi connectivity index (χ1) is 13.0. The normalized spacial score (nSPS) is 34.0. The average Bonchev–Trinajstić information content (AvgIpc) is 2.98. The number of nitrogens with zero attached hydrogens (tertiary/aromatic N) is 2. The van der Waals surface area contributed by atoms with Crippen LogP contribution in [0.3, 0.4) is 0 Å². The molecule has 0 amide bonds. The number of esters is 1. The van der Waals surface area contributed by atoms with Crippen LogP contribution < -0.4 is 0 Å². The maximum absolute atomic E-state index is 13.3. The lowest BCUT2D eigenvalue weighted by Gasteiger charge is -2.61. The van der Waals surface area contributed by atoms with Crippen LogP contribution in [0.5, 0.6) is 0 Å². The summed E-state index contributed by atoms with van der Waals surface area (Å²) in [4.78, 5) is 17.5. The zero-order chi connectivity index (χ0) is 18.6. The minimum atomic E-state index is -0.325. The van der Waals surface area contributed by atoms with Gasteiger partial charge in [-0.15, -0.1) is 0 Å². The molecule has 142 valence electrons. The summed E-state index contributed by atoms with van der Waals surface area (Å²) in [6.45, 7) is 0.192. The highest BCUT2D eigenvalue weighted by Crippen LogP contribution is 2.66. The van der Waals surface area contributed by atoms with Crippen molar-refractivity contribution in [1.29, 1.82) is 0 Å². The molecule has 4 nitrogen and oxygen atoms in total. The molecule has 0 saturated heterocycles. The second-order valence-corrected chi connectivity index (χ2v) is 9.41. The van der Waals surface area contributed by atoms with Gasteiger partial charge >= 0.3 is 5.97 Å². The van der Waals surface area contributed by atoms with Crippen molar-refractivity contribution in [3.8, 4) is 0 Å². The van der Waals surface area contributed by atoms with Gasteiger partial charge < -0.3 is 9.30 Å². The second-order valence-electron chi connectivity index (χ2n) is 9.02. The van der Waals surface area contributed by atoms with Gasteiger partial charge in [-0.05, 0) is 61.3 Å². The molecule has 5 heteroatoms. The van der Waals surface area contributed by atoms with Gasteiger partial charge in [0.2, 0.25) is 0 Å². The van der Waals surface area contributed by atoms with E-state index in [0.29, 0.717) is 22.8 Å². The van der Waals surface area contributed by atoms with Crippen molar-refractivity contribution in [2.24, 2.45) is 24.3 Å². The highest BCUT2D eigenvalue weighted by molar-refractivity contribution is 6.29. The number of benzene rings is 1. The molecule has 4 aliphatic carbocycles. The first kappa shape index (κ1) is 17.3. The molecule has 2 aromatic rings. The number of imidazole rings is 1. The van der Waals surface area contributed by atoms with Crippen molar-refractivity contribution in [2.45, 2.75) is 50.5 Å². The van der Waals surface area contributed by atoms with E-state index < -0.39 is 0 Å². The zero-order valence-electron chi connectivity index (χ0n) is 15.7. The Morgan fingerprint density at radius 2 is 1.93 bits per heavy atom. The topological polar surface area (TPSA) is 44.1 Å². The number of aromatic nitrogens is 2. The second kappa shape index (κ2) is 6.10. The van der Waals surface area contributed by atoms with Crippen molar-refractivity contribution in [1.82, 2.24) is 9.55 Å². The van der Waals surface area contributed by atoms with E-state index in [1.54, 1.807) is 10.8 Å². The number of rotatable bonds is 4. The predicted octanol–water partition coefficient (Wildman–Crippen LogP) is 4.65. The van der Waals surface area contributed by atoms with Crippen molar-refractivity contribution in [2.75, 3.05) is 0 Å². The zero-order valence-corrected chi connectivity index (χ0v) is 16.4. The van der Waals surface area contributed by atoms with Crippen LogP contribution in [0.25, 0.3) is 0 Å². The highest BCUT2D eigenvalue weighted by Gasteiger charge is 2.61. The minimum absolute atomic E-state index is 0.0315. The molecule has 1 aromatic heterocycles. The van der Waals surface area contributed by atoms with Crippen LogP contribution in [-0.2, 0) is 28.6 Å². The Bertz CT molecular complexity index is 862. The van der Waals surface area contributed by atoms with Crippen LogP contribution in [0.1, 0.15) is 49.9 Å². The van der Waals surface area contributed by atoms with Gasteiger partial charge in [-0.1, -0.05) is 41.9 Å². The van der Waals surface area contributed by atoms with Gasteiger partial charge in [-0.2, -0.15) is 0 Å². The van der Waals surface area contributed by atoms with Gasteiger partial charge in [0.05, 0.1) is 11.6 Å². The van der Waals surface area contributed by atoms with Crippen LogP contribution in [0.4, 0.5) is 0 Å². The average molecular weight is 385 g/mol. The molecule has 27 heavy (non-hydrogen) atoms. The molecule has 0 spiro atoms. The molecular formula is C22H25ClN2O2. The number of ether oxygens (including phenoxy) is 1. The first-order valence-electron chi connectivity index (χ1n) is 9.89. The standard InChI is InChI=1S/C22H25ClN2O2/c1-25-18(23)12-24-19(25)13-27-20(26)22-10-15-7-16(11-22)9-21(8-15,14-22)17-5-3-2-4-6-17/h2-6,12,15-16H,7-11,13-14H2,1H3/t15-,16-,21?,22?/m1/s1. The monoisotopic (exact) mass is 384 g/mol. The molecule has 1 heterocycles. The van der Waals surface area contributed by atoms with E-state index in [2.05, 4.69) is 35.3 Å². The van der Waals surface area contributed by atoms with Crippen molar-refractivity contribution >= 4 is 17.6 Å².